The Kier molecular flexibility index (Phi) is 11.1. The summed E-state index contributed by atoms with van der Waals surface area (Å²) in [6.07, 6.45) is 6.98. The summed E-state index contributed by atoms with van der Waals surface area (Å²) >= 11 is 0. The SMILES string of the molecule is CCCCOCCC[C@@H](CC(=O)OC(C)(C)C)C(=O)C#C[C@H]1C[C@@H](CC(C)(C)C)C1. The van der Waals surface area contributed by atoms with Crippen LogP contribution in [0.3, 0.4) is 0 Å². The standard InChI is InChI=1S/C26H44O4/c1-8-9-14-29-15-10-11-22(18-24(28)30-26(5,6)7)23(27)13-12-20-16-21(17-20)19-25(2,3)4/h20-22H,8-11,14-19H2,1-7H3/t20-,21+,22-/m0/s1. The third-order valence-electron chi connectivity index (χ3n) is 5.22. The molecule has 0 heterocycles. The lowest BCUT2D eigenvalue weighted by Gasteiger charge is -2.36. The summed E-state index contributed by atoms with van der Waals surface area (Å²) in [5, 5.41) is 0. The number of carbonyl (C=O) groups is 2. The Hall–Kier alpha value is -1.34. The van der Waals surface area contributed by atoms with Crippen molar-refractivity contribution in [1.29, 1.82) is 0 Å². The molecule has 0 aromatic heterocycles. The molecule has 0 radical (unpaired) electrons. The number of carbonyl (C=O) groups excluding carboxylic acids is 2. The van der Waals surface area contributed by atoms with Crippen molar-refractivity contribution in [3.05, 3.63) is 0 Å². The summed E-state index contributed by atoms with van der Waals surface area (Å²) < 4.78 is 11.0. The van der Waals surface area contributed by atoms with Crippen molar-refractivity contribution in [1.82, 2.24) is 0 Å². The van der Waals surface area contributed by atoms with Gasteiger partial charge in [-0.05, 0) is 76.5 Å². The number of esters is 1. The zero-order valence-corrected chi connectivity index (χ0v) is 20.4. The molecule has 1 aliphatic carbocycles. The zero-order valence-electron chi connectivity index (χ0n) is 20.4. The first-order valence-corrected chi connectivity index (χ1v) is 11.7. The summed E-state index contributed by atoms with van der Waals surface area (Å²) in [5.74, 6) is 6.20. The van der Waals surface area contributed by atoms with E-state index < -0.39 is 11.5 Å². The summed E-state index contributed by atoms with van der Waals surface area (Å²) in [6.45, 7) is 15.8. The Morgan fingerprint density at radius 1 is 1.03 bits per heavy atom. The van der Waals surface area contributed by atoms with E-state index in [-0.39, 0.29) is 18.2 Å². The highest BCUT2D eigenvalue weighted by molar-refractivity contribution is 5.99. The van der Waals surface area contributed by atoms with Crippen LogP contribution in [-0.2, 0) is 19.1 Å². The van der Waals surface area contributed by atoms with Gasteiger partial charge in [0, 0.05) is 25.0 Å². The second kappa shape index (κ2) is 12.5. The molecule has 0 bridgehead atoms. The summed E-state index contributed by atoms with van der Waals surface area (Å²) in [4.78, 5) is 25.0. The average Bonchev–Trinajstić information content (AvgIpc) is 2.55. The molecule has 0 aromatic rings. The molecule has 1 fully saturated rings. The second-order valence-corrected chi connectivity index (χ2v) is 11.0. The molecule has 1 saturated carbocycles. The normalized spacial score (nSPS) is 20.0. The highest BCUT2D eigenvalue weighted by atomic mass is 16.6. The van der Waals surface area contributed by atoms with Crippen LogP contribution in [0.4, 0.5) is 0 Å². The van der Waals surface area contributed by atoms with Crippen LogP contribution in [0.1, 0.15) is 99.8 Å². The molecule has 4 heteroatoms. The van der Waals surface area contributed by atoms with Crippen LogP contribution in [0.5, 0.6) is 0 Å². The predicted molar refractivity (Wildman–Crippen MR) is 122 cm³/mol. The maximum absolute atomic E-state index is 12.7. The quantitative estimate of drug-likeness (QED) is 0.179. The first-order valence-electron chi connectivity index (χ1n) is 11.7. The minimum Gasteiger partial charge on any atom is -0.460 e. The van der Waals surface area contributed by atoms with Gasteiger partial charge in [-0.25, -0.2) is 0 Å². The number of Topliss-reactive ketones (excluding diaryl/α,β-unsaturated/α-hetero) is 1. The van der Waals surface area contributed by atoms with Gasteiger partial charge in [0.1, 0.15) is 5.60 Å². The van der Waals surface area contributed by atoms with Crippen LogP contribution < -0.4 is 0 Å². The van der Waals surface area contributed by atoms with Gasteiger partial charge in [0.15, 0.2) is 0 Å². The molecule has 1 rings (SSSR count). The van der Waals surface area contributed by atoms with Gasteiger partial charge in [-0.1, -0.05) is 40.0 Å². The van der Waals surface area contributed by atoms with Crippen LogP contribution in [-0.4, -0.2) is 30.6 Å². The summed E-state index contributed by atoms with van der Waals surface area (Å²) in [5.41, 5.74) is -0.204. The van der Waals surface area contributed by atoms with Crippen LogP contribution in [0.2, 0.25) is 0 Å². The Morgan fingerprint density at radius 2 is 1.67 bits per heavy atom. The minimum absolute atomic E-state index is 0.0943. The fourth-order valence-electron chi connectivity index (χ4n) is 3.85. The lowest BCUT2D eigenvalue weighted by atomic mass is 9.68. The maximum atomic E-state index is 12.7. The second-order valence-electron chi connectivity index (χ2n) is 11.0. The number of ketones is 1. The largest absolute Gasteiger partial charge is 0.460 e. The predicted octanol–water partition coefficient (Wildman–Crippen LogP) is 5.97. The van der Waals surface area contributed by atoms with Crippen LogP contribution >= 0.6 is 0 Å². The molecule has 0 amide bonds. The van der Waals surface area contributed by atoms with Crippen molar-refractivity contribution in [3.63, 3.8) is 0 Å². The highest BCUT2D eigenvalue weighted by Crippen LogP contribution is 2.40. The molecule has 0 aliphatic heterocycles. The molecule has 172 valence electrons. The van der Waals surface area contributed by atoms with Crippen LogP contribution in [0.25, 0.3) is 0 Å². The fourth-order valence-corrected chi connectivity index (χ4v) is 3.85. The van der Waals surface area contributed by atoms with Gasteiger partial charge >= 0.3 is 5.97 Å². The third kappa shape index (κ3) is 12.4. The fraction of sp³-hybridized carbons (Fsp3) is 0.846. The van der Waals surface area contributed by atoms with Crippen molar-refractivity contribution in [2.45, 2.75) is 105 Å². The van der Waals surface area contributed by atoms with Crippen LogP contribution in [0, 0.1) is 35.0 Å². The minimum atomic E-state index is -0.548. The van der Waals surface area contributed by atoms with Crippen molar-refractivity contribution in [2.75, 3.05) is 13.2 Å². The van der Waals surface area contributed by atoms with Gasteiger partial charge in [-0.2, -0.15) is 0 Å². The van der Waals surface area contributed by atoms with E-state index in [1.54, 1.807) is 0 Å². The zero-order chi connectivity index (χ0) is 22.8. The van der Waals surface area contributed by atoms with E-state index >= 15 is 0 Å². The lowest BCUT2D eigenvalue weighted by molar-refractivity contribution is -0.157. The number of rotatable bonds is 11. The van der Waals surface area contributed by atoms with Crippen molar-refractivity contribution < 1.29 is 19.1 Å². The van der Waals surface area contributed by atoms with E-state index in [0.717, 1.165) is 44.6 Å². The molecular formula is C26H44O4. The van der Waals surface area contributed by atoms with E-state index in [4.69, 9.17) is 9.47 Å². The van der Waals surface area contributed by atoms with E-state index in [1.807, 2.05) is 20.8 Å². The first kappa shape index (κ1) is 26.7. The molecule has 0 aromatic carbocycles. The average molecular weight is 421 g/mol. The van der Waals surface area contributed by atoms with E-state index in [0.29, 0.717) is 24.4 Å². The van der Waals surface area contributed by atoms with E-state index in [1.165, 1.54) is 6.42 Å². The summed E-state index contributed by atoms with van der Waals surface area (Å²) in [7, 11) is 0. The number of ether oxygens (including phenoxy) is 2. The summed E-state index contributed by atoms with van der Waals surface area (Å²) in [6, 6.07) is 0. The molecule has 4 nitrogen and oxygen atoms in total. The number of hydrogen-bond donors (Lipinski definition) is 0. The van der Waals surface area contributed by atoms with Gasteiger partial charge < -0.3 is 9.47 Å². The topological polar surface area (TPSA) is 52.6 Å². The van der Waals surface area contributed by atoms with Crippen LogP contribution in [0.15, 0.2) is 0 Å². The van der Waals surface area contributed by atoms with E-state index in [2.05, 4.69) is 39.5 Å². The lowest BCUT2D eigenvalue weighted by Crippen LogP contribution is -2.28. The Morgan fingerprint density at radius 3 is 2.23 bits per heavy atom. The Bertz CT molecular complexity index is 591. The van der Waals surface area contributed by atoms with Gasteiger partial charge in [0.05, 0.1) is 6.42 Å². The molecule has 0 spiro atoms. The molecule has 0 N–H and O–H groups in total. The first-order chi connectivity index (χ1) is 13.9. The van der Waals surface area contributed by atoms with Gasteiger partial charge in [0.2, 0.25) is 5.78 Å². The maximum Gasteiger partial charge on any atom is 0.307 e. The molecule has 1 aliphatic rings. The van der Waals surface area contributed by atoms with Crippen molar-refractivity contribution in [2.24, 2.45) is 23.2 Å². The van der Waals surface area contributed by atoms with Gasteiger partial charge in [-0.3, -0.25) is 9.59 Å². The smallest absolute Gasteiger partial charge is 0.307 e. The van der Waals surface area contributed by atoms with E-state index in [9.17, 15) is 9.59 Å². The molecule has 0 unspecified atom stereocenters. The third-order valence-corrected chi connectivity index (χ3v) is 5.22. The van der Waals surface area contributed by atoms with Crippen molar-refractivity contribution >= 4 is 11.8 Å². The number of hydrogen-bond acceptors (Lipinski definition) is 4. The molecule has 0 saturated heterocycles. The van der Waals surface area contributed by atoms with Gasteiger partial charge in [0.25, 0.3) is 0 Å². The monoisotopic (exact) mass is 420 g/mol. The highest BCUT2D eigenvalue weighted by Gasteiger charge is 2.31. The van der Waals surface area contributed by atoms with Gasteiger partial charge in [-0.15, -0.1) is 0 Å². The number of unbranched alkanes of at least 4 members (excludes halogenated alkanes) is 1. The Labute approximate surface area is 184 Å². The van der Waals surface area contributed by atoms with Crippen molar-refractivity contribution in [3.8, 4) is 11.8 Å². The molecule has 1 atom stereocenters. The molecule has 30 heavy (non-hydrogen) atoms. The molecular weight excluding hydrogens is 376 g/mol. The Balaban J connectivity index is 2.56.